The summed E-state index contributed by atoms with van der Waals surface area (Å²) in [6, 6.07) is 9.81. The number of ether oxygens (including phenoxy) is 1. The number of methoxy groups -OCH3 is 1. The molecule has 0 atom stereocenters. The lowest BCUT2D eigenvalue weighted by Crippen LogP contribution is -1.99. The van der Waals surface area contributed by atoms with Crippen molar-refractivity contribution in [1.29, 1.82) is 0 Å². The molecular weight excluding hydrogens is 354 g/mol. The highest BCUT2D eigenvalue weighted by molar-refractivity contribution is 9.10. The Balaban J connectivity index is 2.02. The number of nitrogens with zero attached hydrogens (tertiary/aromatic N) is 3. The molecule has 2 heterocycles. The van der Waals surface area contributed by atoms with Gasteiger partial charge in [0.15, 0.2) is 5.15 Å². The van der Waals surface area contributed by atoms with Gasteiger partial charge in [-0.25, -0.2) is 4.98 Å². The van der Waals surface area contributed by atoms with E-state index in [1.807, 2.05) is 30.3 Å². The van der Waals surface area contributed by atoms with Crippen LogP contribution < -0.4 is 4.74 Å². The van der Waals surface area contributed by atoms with Crippen molar-refractivity contribution >= 4 is 38.3 Å². The van der Waals surface area contributed by atoms with E-state index in [1.165, 1.54) is 0 Å². The van der Waals surface area contributed by atoms with Gasteiger partial charge in [0.25, 0.3) is 0 Å². The van der Waals surface area contributed by atoms with Crippen molar-refractivity contribution in [2.45, 2.75) is 6.42 Å². The molecule has 3 rings (SSSR count). The van der Waals surface area contributed by atoms with Gasteiger partial charge in [0.1, 0.15) is 0 Å². The third-order valence-corrected chi connectivity index (χ3v) is 4.00. The van der Waals surface area contributed by atoms with E-state index in [2.05, 4.69) is 31.1 Å². The van der Waals surface area contributed by atoms with E-state index in [-0.39, 0.29) is 0 Å². The molecule has 0 N–H and O–H groups in total. The average Bonchev–Trinajstić information content (AvgIpc) is 2.51. The standard InChI is InChI=1S/C15H11BrClN3O/c1-21-15-12(16)6-9(8-18-15)7-13-10-4-2-3-5-11(10)14(17)20-19-13/h2-6,8H,7H2,1H3. The molecule has 0 unspecified atom stereocenters. The quantitative estimate of drug-likeness (QED) is 0.704. The SMILES string of the molecule is COc1ncc(Cc2nnc(Cl)c3ccccc23)cc1Br. The van der Waals surface area contributed by atoms with Crippen molar-refractivity contribution in [3.8, 4) is 5.88 Å². The molecule has 0 fully saturated rings. The van der Waals surface area contributed by atoms with Crippen molar-refractivity contribution in [1.82, 2.24) is 15.2 Å². The molecule has 0 radical (unpaired) electrons. The Labute approximate surface area is 135 Å². The van der Waals surface area contributed by atoms with Crippen LogP contribution in [0.15, 0.2) is 41.0 Å². The Bertz CT molecular complexity index is 810. The van der Waals surface area contributed by atoms with Crippen LogP contribution in [-0.4, -0.2) is 22.3 Å². The Morgan fingerprint density at radius 2 is 1.95 bits per heavy atom. The number of hydrogen-bond donors (Lipinski definition) is 0. The molecule has 0 aliphatic carbocycles. The van der Waals surface area contributed by atoms with Crippen molar-refractivity contribution < 1.29 is 4.74 Å². The average molecular weight is 365 g/mol. The molecule has 4 nitrogen and oxygen atoms in total. The van der Waals surface area contributed by atoms with Crippen molar-refractivity contribution in [3.63, 3.8) is 0 Å². The van der Waals surface area contributed by atoms with Gasteiger partial charge in [-0.1, -0.05) is 35.9 Å². The molecule has 3 aromatic rings. The fourth-order valence-electron chi connectivity index (χ4n) is 2.16. The normalized spacial score (nSPS) is 10.8. The van der Waals surface area contributed by atoms with E-state index in [1.54, 1.807) is 13.3 Å². The second-order valence-corrected chi connectivity index (χ2v) is 5.71. The predicted octanol–water partition coefficient (Wildman–Crippen LogP) is 4.04. The van der Waals surface area contributed by atoms with Gasteiger partial charge in [0.05, 0.1) is 17.3 Å². The molecule has 2 aromatic heterocycles. The number of pyridine rings is 1. The first-order valence-electron chi connectivity index (χ1n) is 6.27. The maximum absolute atomic E-state index is 6.09. The highest BCUT2D eigenvalue weighted by Gasteiger charge is 2.10. The second-order valence-electron chi connectivity index (χ2n) is 4.49. The van der Waals surface area contributed by atoms with Crippen LogP contribution in [-0.2, 0) is 6.42 Å². The molecule has 0 bridgehead atoms. The molecule has 0 saturated heterocycles. The number of rotatable bonds is 3. The number of hydrogen-bond acceptors (Lipinski definition) is 4. The molecule has 0 aliphatic rings. The maximum atomic E-state index is 6.09. The highest BCUT2D eigenvalue weighted by atomic mass is 79.9. The molecule has 1 aromatic carbocycles. The molecule has 0 amide bonds. The fraction of sp³-hybridized carbons (Fsp3) is 0.133. The van der Waals surface area contributed by atoms with Crippen molar-refractivity contribution in [3.05, 3.63) is 57.4 Å². The van der Waals surface area contributed by atoms with Crippen LogP contribution in [0.25, 0.3) is 10.8 Å². The predicted molar refractivity (Wildman–Crippen MR) is 85.8 cm³/mol. The van der Waals surface area contributed by atoms with Gasteiger partial charge >= 0.3 is 0 Å². The first-order valence-corrected chi connectivity index (χ1v) is 7.44. The third-order valence-electron chi connectivity index (χ3n) is 3.15. The summed E-state index contributed by atoms with van der Waals surface area (Å²) in [6.07, 6.45) is 2.40. The summed E-state index contributed by atoms with van der Waals surface area (Å²) in [7, 11) is 1.59. The van der Waals surface area contributed by atoms with Crippen LogP contribution in [0, 0.1) is 0 Å². The van der Waals surface area contributed by atoms with Crippen LogP contribution in [0.3, 0.4) is 0 Å². The second kappa shape index (κ2) is 5.95. The molecule has 6 heteroatoms. The van der Waals surface area contributed by atoms with Crippen LogP contribution in [0.4, 0.5) is 0 Å². The van der Waals surface area contributed by atoms with Gasteiger partial charge in [-0.05, 0) is 27.6 Å². The zero-order valence-corrected chi connectivity index (χ0v) is 13.5. The number of fused-ring (bicyclic) bond motifs is 1. The van der Waals surface area contributed by atoms with Gasteiger partial charge in [-0.3, -0.25) is 0 Å². The fourth-order valence-corrected chi connectivity index (χ4v) is 2.92. The first kappa shape index (κ1) is 14.2. The molecule has 0 spiro atoms. The molecule has 0 saturated carbocycles. The van der Waals surface area contributed by atoms with Crippen molar-refractivity contribution in [2.75, 3.05) is 7.11 Å². The van der Waals surface area contributed by atoms with Gasteiger partial charge in [-0.15, -0.1) is 5.10 Å². The Morgan fingerprint density at radius 1 is 1.19 bits per heavy atom. The summed E-state index contributed by atoms with van der Waals surface area (Å²) in [4.78, 5) is 4.25. The topological polar surface area (TPSA) is 47.9 Å². The smallest absolute Gasteiger partial charge is 0.227 e. The molecular formula is C15H11BrClN3O. The molecule has 106 valence electrons. The van der Waals surface area contributed by atoms with Crippen LogP contribution in [0.1, 0.15) is 11.3 Å². The summed E-state index contributed by atoms with van der Waals surface area (Å²) in [5.74, 6) is 0.561. The number of aromatic nitrogens is 3. The van der Waals surface area contributed by atoms with Crippen LogP contribution in [0.5, 0.6) is 5.88 Å². The van der Waals surface area contributed by atoms with E-state index in [0.29, 0.717) is 17.5 Å². The first-order chi connectivity index (χ1) is 10.2. The minimum Gasteiger partial charge on any atom is -0.480 e. The summed E-state index contributed by atoms with van der Waals surface area (Å²) in [5.41, 5.74) is 1.89. The zero-order chi connectivity index (χ0) is 14.8. The van der Waals surface area contributed by atoms with E-state index in [0.717, 1.165) is 26.5 Å². The lowest BCUT2D eigenvalue weighted by molar-refractivity contribution is 0.394. The Kier molecular flexibility index (Phi) is 4.03. The van der Waals surface area contributed by atoms with Crippen LogP contribution in [0.2, 0.25) is 5.15 Å². The summed E-state index contributed by atoms with van der Waals surface area (Å²) >= 11 is 9.52. The van der Waals surface area contributed by atoms with Gasteiger partial charge < -0.3 is 4.74 Å². The van der Waals surface area contributed by atoms with Crippen LogP contribution >= 0.6 is 27.5 Å². The monoisotopic (exact) mass is 363 g/mol. The zero-order valence-electron chi connectivity index (χ0n) is 11.2. The van der Waals surface area contributed by atoms with E-state index >= 15 is 0 Å². The summed E-state index contributed by atoms with van der Waals surface area (Å²) in [5, 5.41) is 10.6. The highest BCUT2D eigenvalue weighted by Crippen LogP contribution is 2.26. The summed E-state index contributed by atoms with van der Waals surface area (Å²) in [6.45, 7) is 0. The van der Waals surface area contributed by atoms with E-state index < -0.39 is 0 Å². The lowest BCUT2D eigenvalue weighted by Gasteiger charge is -2.07. The number of halogens is 2. The number of benzene rings is 1. The minimum atomic E-state index is 0.420. The van der Waals surface area contributed by atoms with Crippen molar-refractivity contribution in [2.24, 2.45) is 0 Å². The largest absolute Gasteiger partial charge is 0.480 e. The Hall–Kier alpha value is -1.72. The lowest BCUT2D eigenvalue weighted by atomic mass is 10.1. The third kappa shape index (κ3) is 2.84. The van der Waals surface area contributed by atoms with E-state index in [4.69, 9.17) is 16.3 Å². The molecule has 21 heavy (non-hydrogen) atoms. The van der Waals surface area contributed by atoms with Gasteiger partial charge in [0.2, 0.25) is 5.88 Å². The maximum Gasteiger partial charge on any atom is 0.227 e. The van der Waals surface area contributed by atoms with Gasteiger partial charge in [-0.2, -0.15) is 5.10 Å². The van der Waals surface area contributed by atoms with Gasteiger partial charge in [0, 0.05) is 23.4 Å². The molecule has 0 aliphatic heterocycles. The minimum absolute atomic E-state index is 0.420. The van der Waals surface area contributed by atoms with E-state index in [9.17, 15) is 0 Å². The Morgan fingerprint density at radius 3 is 2.67 bits per heavy atom. The summed E-state index contributed by atoms with van der Waals surface area (Å²) < 4.78 is 5.95.